The summed E-state index contributed by atoms with van der Waals surface area (Å²) in [6, 6.07) is 11.1. The number of fused-ring (bicyclic) bond motifs is 1. The van der Waals surface area contributed by atoms with Crippen molar-refractivity contribution in [2.24, 2.45) is 0 Å². The minimum atomic E-state index is -0.588. The molecule has 0 fully saturated rings. The largest absolute Gasteiger partial charge is 0.324 e. The van der Waals surface area contributed by atoms with Crippen LogP contribution in [-0.4, -0.2) is 21.2 Å². The van der Waals surface area contributed by atoms with Gasteiger partial charge >= 0.3 is 0 Å². The van der Waals surface area contributed by atoms with Crippen LogP contribution in [-0.2, 0) is 4.79 Å². The quantitative estimate of drug-likeness (QED) is 0.330. The molecular formula is C20H12ClF2N3O2S2. The standard InChI is InChI=1S/C20H12ClF2N3O2S2/c21-12-6-5-11(22)9-15(12)24-17(27)10-30-20-25-14-7-8-29-18(14)19(28)26(20)16-4-2-1-3-13(16)23/h1-9H,10H2,(H,24,27). The molecular weight excluding hydrogens is 452 g/mol. The molecule has 0 radical (unpaired) electrons. The number of carbonyl (C=O) groups excluding carboxylic acids is 1. The molecule has 0 saturated carbocycles. The molecule has 5 nitrogen and oxygen atoms in total. The topological polar surface area (TPSA) is 64.0 Å². The van der Waals surface area contributed by atoms with Gasteiger partial charge in [-0.05, 0) is 41.8 Å². The number of hydrogen-bond donors (Lipinski definition) is 1. The van der Waals surface area contributed by atoms with Crippen molar-refractivity contribution in [3.63, 3.8) is 0 Å². The first kappa shape index (κ1) is 20.5. The molecule has 0 bridgehead atoms. The molecule has 4 aromatic rings. The van der Waals surface area contributed by atoms with E-state index in [-0.39, 0.29) is 27.3 Å². The highest BCUT2D eigenvalue weighted by atomic mass is 35.5. The molecule has 2 aromatic carbocycles. The van der Waals surface area contributed by atoms with E-state index in [1.165, 1.54) is 41.7 Å². The number of carbonyl (C=O) groups is 1. The maximum absolute atomic E-state index is 14.4. The Bertz CT molecular complexity index is 1320. The van der Waals surface area contributed by atoms with Gasteiger partial charge in [-0.25, -0.2) is 13.8 Å². The molecule has 0 saturated heterocycles. The number of thioether (sulfide) groups is 1. The van der Waals surface area contributed by atoms with Crippen LogP contribution in [0.4, 0.5) is 14.5 Å². The minimum absolute atomic E-state index is 0.0429. The lowest BCUT2D eigenvalue weighted by molar-refractivity contribution is -0.113. The summed E-state index contributed by atoms with van der Waals surface area (Å²) in [5.41, 5.74) is 0.223. The Morgan fingerprint density at radius 1 is 1.20 bits per heavy atom. The first-order chi connectivity index (χ1) is 14.4. The van der Waals surface area contributed by atoms with Crippen LogP contribution < -0.4 is 10.9 Å². The number of aromatic nitrogens is 2. The van der Waals surface area contributed by atoms with Gasteiger partial charge in [-0.15, -0.1) is 11.3 Å². The minimum Gasteiger partial charge on any atom is -0.324 e. The van der Waals surface area contributed by atoms with Gasteiger partial charge in [0.1, 0.15) is 16.3 Å². The Morgan fingerprint density at radius 2 is 2.00 bits per heavy atom. The van der Waals surface area contributed by atoms with Crippen molar-refractivity contribution in [3.8, 4) is 5.69 Å². The average Bonchev–Trinajstić information content (AvgIpc) is 3.19. The van der Waals surface area contributed by atoms with E-state index in [1.807, 2.05) is 0 Å². The van der Waals surface area contributed by atoms with E-state index in [4.69, 9.17) is 11.6 Å². The molecule has 152 valence electrons. The summed E-state index contributed by atoms with van der Waals surface area (Å²) in [5.74, 6) is -1.76. The number of halogens is 3. The van der Waals surface area contributed by atoms with E-state index >= 15 is 0 Å². The van der Waals surface area contributed by atoms with E-state index < -0.39 is 23.1 Å². The molecule has 10 heteroatoms. The maximum atomic E-state index is 14.4. The number of benzene rings is 2. The average molecular weight is 464 g/mol. The second-order valence-corrected chi connectivity index (χ2v) is 8.35. The number of amides is 1. The summed E-state index contributed by atoms with van der Waals surface area (Å²) < 4.78 is 29.3. The summed E-state index contributed by atoms with van der Waals surface area (Å²) in [5, 5.41) is 4.59. The SMILES string of the molecule is O=C(CSc1nc2ccsc2c(=O)n1-c1ccccc1F)Nc1cc(F)ccc1Cl. The van der Waals surface area contributed by atoms with Crippen LogP contribution in [0.15, 0.2) is 63.9 Å². The molecule has 0 aliphatic rings. The molecule has 0 aliphatic carbocycles. The number of nitrogens with zero attached hydrogens (tertiary/aromatic N) is 2. The van der Waals surface area contributed by atoms with Gasteiger partial charge in [0, 0.05) is 0 Å². The summed E-state index contributed by atoms with van der Waals surface area (Å²) in [6.45, 7) is 0. The van der Waals surface area contributed by atoms with E-state index in [0.29, 0.717) is 10.2 Å². The predicted octanol–water partition coefficient (Wildman–Crippen LogP) is 5.11. The van der Waals surface area contributed by atoms with E-state index in [9.17, 15) is 18.4 Å². The highest BCUT2D eigenvalue weighted by Gasteiger charge is 2.18. The molecule has 2 heterocycles. The number of thiophene rings is 1. The molecule has 0 unspecified atom stereocenters. The van der Waals surface area contributed by atoms with Crippen molar-refractivity contribution in [3.05, 3.63) is 80.9 Å². The number of para-hydroxylation sites is 1. The number of anilines is 1. The lowest BCUT2D eigenvalue weighted by Gasteiger charge is -2.13. The van der Waals surface area contributed by atoms with Gasteiger partial charge in [0.2, 0.25) is 5.91 Å². The van der Waals surface area contributed by atoms with Gasteiger partial charge in [0.15, 0.2) is 5.16 Å². The molecule has 30 heavy (non-hydrogen) atoms. The Balaban J connectivity index is 1.66. The summed E-state index contributed by atoms with van der Waals surface area (Å²) in [7, 11) is 0. The van der Waals surface area contributed by atoms with Gasteiger partial charge in [0.25, 0.3) is 5.56 Å². The molecule has 1 N–H and O–H groups in total. The Kier molecular flexibility index (Phi) is 5.85. The van der Waals surface area contributed by atoms with Crippen LogP contribution in [0.3, 0.4) is 0 Å². The second-order valence-electron chi connectivity index (χ2n) is 6.08. The van der Waals surface area contributed by atoms with Crippen LogP contribution >= 0.6 is 34.7 Å². The fourth-order valence-corrected chi connectivity index (χ4v) is 4.47. The van der Waals surface area contributed by atoms with Gasteiger partial charge < -0.3 is 5.32 Å². The van der Waals surface area contributed by atoms with Crippen LogP contribution in [0.1, 0.15) is 0 Å². The smallest absolute Gasteiger partial charge is 0.276 e. The van der Waals surface area contributed by atoms with Gasteiger partial charge in [0.05, 0.1) is 27.7 Å². The van der Waals surface area contributed by atoms with Crippen LogP contribution in [0, 0.1) is 11.6 Å². The molecule has 0 atom stereocenters. The summed E-state index contributed by atoms with van der Waals surface area (Å²) >= 11 is 8.14. The first-order valence-corrected chi connectivity index (χ1v) is 10.8. The second kappa shape index (κ2) is 8.55. The van der Waals surface area contributed by atoms with E-state index in [1.54, 1.807) is 17.5 Å². The number of nitrogens with one attached hydrogen (secondary N) is 1. The van der Waals surface area contributed by atoms with Crippen LogP contribution in [0.2, 0.25) is 5.02 Å². The molecule has 0 spiro atoms. The molecule has 4 rings (SSSR count). The predicted molar refractivity (Wildman–Crippen MR) is 116 cm³/mol. The fourth-order valence-electron chi connectivity index (χ4n) is 2.74. The van der Waals surface area contributed by atoms with Gasteiger partial charge in [-0.3, -0.25) is 14.2 Å². The van der Waals surface area contributed by atoms with Crippen LogP contribution in [0.25, 0.3) is 15.9 Å². The first-order valence-electron chi connectivity index (χ1n) is 8.57. The highest BCUT2D eigenvalue weighted by molar-refractivity contribution is 7.99. The normalized spacial score (nSPS) is 11.0. The number of hydrogen-bond acceptors (Lipinski definition) is 5. The lowest BCUT2D eigenvalue weighted by atomic mass is 10.3. The monoisotopic (exact) mass is 463 g/mol. The van der Waals surface area contributed by atoms with Crippen molar-refractivity contribution < 1.29 is 13.6 Å². The van der Waals surface area contributed by atoms with Gasteiger partial charge in [-0.1, -0.05) is 35.5 Å². The summed E-state index contributed by atoms with van der Waals surface area (Å²) in [4.78, 5) is 29.8. The third-order valence-corrected chi connectivity index (χ3v) is 6.24. The zero-order valence-electron chi connectivity index (χ0n) is 15.1. The Hall–Kier alpha value is -2.75. The molecule has 2 aromatic heterocycles. The van der Waals surface area contributed by atoms with Crippen LogP contribution in [0.5, 0.6) is 0 Å². The lowest BCUT2D eigenvalue weighted by Crippen LogP contribution is -2.23. The Labute approximate surface area is 182 Å². The Morgan fingerprint density at radius 3 is 2.80 bits per heavy atom. The third-order valence-electron chi connectivity index (χ3n) is 4.08. The van der Waals surface area contributed by atoms with Crippen molar-refractivity contribution in [2.75, 3.05) is 11.1 Å². The molecule has 1 amide bonds. The van der Waals surface area contributed by atoms with Crippen molar-refractivity contribution >= 4 is 56.5 Å². The number of rotatable bonds is 5. The third kappa shape index (κ3) is 4.09. The highest BCUT2D eigenvalue weighted by Crippen LogP contribution is 2.26. The molecule has 0 aliphatic heterocycles. The maximum Gasteiger partial charge on any atom is 0.276 e. The van der Waals surface area contributed by atoms with Crippen molar-refractivity contribution in [1.29, 1.82) is 0 Å². The fraction of sp³-hybridized carbons (Fsp3) is 0.0500. The zero-order valence-corrected chi connectivity index (χ0v) is 17.5. The van der Waals surface area contributed by atoms with Gasteiger partial charge in [-0.2, -0.15) is 0 Å². The zero-order chi connectivity index (χ0) is 21.3. The van der Waals surface area contributed by atoms with E-state index in [0.717, 1.165) is 22.4 Å². The van der Waals surface area contributed by atoms with Crippen molar-refractivity contribution in [1.82, 2.24) is 9.55 Å². The van der Waals surface area contributed by atoms with Crippen molar-refractivity contribution in [2.45, 2.75) is 5.16 Å². The summed E-state index contributed by atoms with van der Waals surface area (Å²) in [6.07, 6.45) is 0. The van der Waals surface area contributed by atoms with E-state index in [2.05, 4.69) is 10.3 Å².